The Labute approximate surface area is 297 Å². The molecule has 2 saturated heterocycles. The fourth-order valence-electron chi connectivity index (χ4n) is 5.97. The van der Waals surface area contributed by atoms with E-state index in [0.29, 0.717) is 6.42 Å². The molecule has 2 aliphatic rings. The van der Waals surface area contributed by atoms with Crippen molar-refractivity contribution in [1.82, 2.24) is 5.32 Å². The van der Waals surface area contributed by atoms with Crippen molar-refractivity contribution in [1.29, 1.82) is 0 Å². The molecular weight excluding hydrogens is 654 g/mol. The molecule has 2 heterocycles. The molecular formula is C36H65NO13. The van der Waals surface area contributed by atoms with E-state index in [9.17, 15) is 45.6 Å². The van der Waals surface area contributed by atoms with Crippen molar-refractivity contribution in [2.24, 2.45) is 0 Å². The Balaban J connectivity index is 1.81. The van der Waals surface area contributed by atoms with Crippen molar-refractivity contribution in [3.05, 3.63) is 24.3 Å². The second-order valence-corrected chi connectivity index (χ2v) is 13.3. The lowest BCUT2D eigenvalue weighted by atomic mass is 9.97. The maximum atomic E-state index is 12.2. The molecule has 2 aliphatic heterocycles. The molecule has 1 amide bonds. The molecule has 2 rings (SSSR count). The third-order valence-electron chi connectivity index (χ3n) is 9.20. The van der Waals surface area contributed by atoms with Gasteiger partial charge in [-0.3, -0.25) is 4.79 Å². The molecule has 0 aromatic rings. The lowest BCUT2D eigenvalue weighted by molar-refractivity contribution is -0.359. The van der Waals surface area contributed by atoms with Crippen LogP contribution in [0, 0.1) is 0 Å². The van der Waals surface area contributed by atoms with Crippen LogP contribution in [-0.2, 0) is 23.7 Å². The molecule has 0 aliphatic carbocycles. The van der Waals surface area contributed by atoms with Gasteiger partial charge >= 0.3 is 0 Å². The molecule has 0 bridgehead atoms. The highest BCUT2D eigenvalue weighted by molar-refractivity contribution is 5.75. The van der Waals surface area contributed by atoms with Gasteiger partial charge in [-0.05, 0) is 25.7 Å². The number of aliphatic hydroxyl groups is 8. The van der Waals surface area contributed by atoms with Gasteiger partial charge in [0.25, 0.3) is 0 Å². The minimum Gasteiger partial charge on any atom is -0.394 e. The minimum atomic E-state index is -1.78. The van der Waals surface area contributed by atoms with E-state index >= 15 is 0 Å². The average molecular weight is 720 g/mol. The predicted octanol–water partition coefficient (Wildman–Crippen LogP) is 1.09. The highest BCUT2D eigenvalue weighted by atomic mass is 16.7. The van der Waals surface area contributed by atoms with Gasteiger partial charge in [0.05, 0.1) is 32.0 Å². The Bertz CT molecular complexity index is 951. The van der Waals surface area contributed by atoms with E-state index < -0.39 is 86.8 Å². The van der Waals surface area contributed by atoms with Gasteiger partial charge in [-0.15, -0.1) is 0 Å². The monoisotopic (exact) mass is 719 g/mol. The Kier molecular flexibility index (Phi) is 22.7. The van der Waals surface area contributed by atoms with Crippen LogP contribution < -0.4 is 5.32 Å². The van der Waals surface area contributed by atoms with E-state index in [2.05, 4.69) is 24.4 Å². The van der Waals surface area contributed by atoms with Crippen LogP contribution in [-0.4, -0.2) is 140 Å². The summed E-state index contributed by atoms with van der Waals surface area (Å²) in [7, 11) is 0. The molecule has 0 aromatic carbocycles. The fraction of sp³-hybridized carbons (Fsp3) is 0.861. The summed E-state index contributed by atoms with van der Waals surface area (Å²) in [5.41, 5.74) is 0. The van der Waals surface area contributed by atoms with Crippen LogP contribution in [0.1, 0.15) is 104 Å². The molecule has 0 radical (unpaired) electrons. The number of rotatable bonds is 25. The van der Waals surface area contributed by atoms with Crippen LogP contribution >= 0.6 is 0 Å². The van der Waals surface area contributed by atoms with Gasteiger partial charge in [-0.2, -0.15) is 0 Å². The van der Waals surface area contributed by atoms with Crippen molar-refractivity contribution in [3.8, 4) is 0 Å². The highest BCUT2D eigenvalue weighted by Gasteiger charge is 2.50. The normalized spacial score (nSPS) is 31.7. The number of ether oxygens (including phenoxy) is 4. The molecule has 0 saturated carbocycles. The molecule has 0 aromatic heterocycles. The first-order valence-corrected chi connectivity index (χ1v) is 18.6. The number of unbranched alkanes of at least 4 members (excludes halogenated alkanes) is 11. The van der Waals surface area contributed by atoms with E-state index in [1.54, 1.807) is 13.0 Å². The first-order chi connectivity index (χ1) is 24.1. The van der Waals surface area contributed by atoms with E-state index in [-0.39, 0.29) is 18.9 Å². The molecule has 12 unspecified atom stereocenters. The molecule has 0 spiro atoms. The Morgan fingerprint density at radius 2 is 1.26 bits per heavy atom. The van der Waals surface area contributed by atoms with Gasteiger partial charge < -0.3 is 65.1 Å². The lowest BCUT2D eigenvalue weighted by Gasteiger charge is -2.46. The molecule has 292 valence electrons. The third-order valence-corrected chi connectivity index (χ3v) is 9.20. The molecule has 14 heteroatoms. The summed E-state index contributed by atoms with van der Waals surface area (Å²) in [5.74, 6) is -0.340. The fourth-order valence-corrected chi connectivity index (χ4v) is 5.97. The first kappa shape index (κ1) is 44.6. The Morgan fingerprint density at radius 1 is 0.700 bits per heavy atom. The Morgan fingerprint density at radius 3 is 1.88 bits per heavy atom. The Hall–Kier alpha value is -1.53. The van der Waals surface area contributed by atoms with Crippen LogP contribution in [0.3, 0.4) is 0 Å². The zero-order chi connectivity index (χ0) is 36.9. The van der Waals surface area contributed by atoms with Crippen molar-refractivity contribution >= 4 is 5.91 Å². The van der Waals surface area contributed by atoms with E-state index in [4.69, 9.17) is 18.9 Å². The second-order valence-electron chi connectivity index (χ2n) is 13.3. The summed E-state index contributed by atoms with van der Waals surface area (Å²) >= 11 is 0. The lowest BCUT2D eigenvalue weighted by Crippen LogP contribution is -2.65. The van der Waals surface area contributed by atoms with Gasteiger partial charge in [0.1, 0.15) is 48.8 Å². The van der Waals surface area contributed by atoms with Crippen LogP contribution in [0.4, 0.5) is 0 Å². The van der Waals surface area contributed by atoms with E-state index in [1.165, 1.54) is 64.2 Å². The summed E-state index contributed by atoms with van der Waals surface area (Å²) in [6.45, 7) is 2.15. The first-order valence-electron chi connectivity index (χ1n) is 18.6. The van der Waals surface area contributed by atoms with Gasteiger partial charge in [0.15, 0.2) is 12.6 Å². The summed E-state index contributed by atoms with van der Waals surface area (Å²) < 4.78 is 22.2. The predicted molar refractivity (Wildman–Crippen MR) is 185 cm³/mol. The number of hydrogen-bond donors (Lipinski definition) is 9. The molecule has 50 heavy (non-hydrogen) atoms. The van der Waals surface area contributed by atoms with Gasteiger partial charge in [-0.25, -0.2) is 0 Å². The van der Waals surface area contributed by atoms with Crippen LogP contribution in [0.2, 0.25) is 0 Å². The smallest absolute Gasteiger partial charge is 0.220 e. The average Bonchev–Trinajstić information content (AvgIpc) is 3.12. The van der Waals surface area contributed by atoms with Gasteiger partial charge in [0, 0.05) is 6.42 Å². The minimum absolute atomic E-state index is 0.154. The van der Waals surface area contributed by atoms with Gasteiger partial charge in [-0.1, -0.05) is 95.9 Å². The molecule has 2 fully saturated rings. The van der Waals surface area contributed by atoms with Gasteiger partial charge in [0.2, 0.25) is 5.91 Å². The van der Waals surface area contributed by atoms with Crippen molar-refractivity contribution in [2.75, 3.05) is 19.8 Å². The summed E-state index contributed by atoms with van der Waals surface area (Å²) in [4.78, 5) is 12.2. The SMILES string of the molecule is CCCCCCCCCCCC/C=C/CC/C=C/C(O)C(COC1OC(CO)C(OC2OC(CO)C(O)C(O)C2O)C(O)C1O)NC(=O)CC. The summed E-state index contributed by atoms with van der Waals surface area (Å²) in [5, 5.41) is 84.9. The van der Waals surface area contributed by atoms with Crippen LogP contribution in [0.25, 0.3) is 0 Å². The topological polar surface area (TPSA) is 228 Å². The molecule has 9 N–H and O–H groups in total. The maximum Gasteiger partial charge on any atom is 0.220 e. The van der Waals surface area contributed by atoms with E-state index in [0.717, 1.165) is 12.8 Å². The zero-order valence-electron chi connectivity index (χ0n) is 29.9. The largest absolute Gasteiger partial charge is 0.394 e. The number of aliphatic hydroxyl groups excluding tert-OH is 8. The molecule has 12 atom stereocenters. The second kappa shape index (κ2) is 25.4. The summed E-state index contributed by atoms with van der Waals surface area (Å²) in [6.07, 6.45) is 6.46. The summed E-state index contributed by atoms with van der Waals surface area (Å²) in [6, 6.07) is -0.922. The number of hydrogen-bond acceptors (Lipinski definition) is 13. The number of amides is 1. The van der Waals surface area contributed by atoms with Crippen LogP contribution in [0.5, 0.6) is 0 Å². The number of carbonyl (C=O) groups is 1. The standard InChI is InChI=1S/C36H65NO13/c1-3-5-6-7-8-9-10-11-12-13-14-15-16-17-18-19-20-25(40)24(37-28(41)4-2)23-47-35-33(46)31(44)34(27(22-39)49-35)50-36-32(45)30(43)29(42)26(21-38)48-36/h15-16,19-20,24-27,29-36,38-40,42-46H,3-14,17-18,21-23H2,1-2H3,(H,37,41)/b16-15+,20-19+. The molecule has 14 nitrogen and oxygen atoms in total. The zero-order valence-corrected chi connectivity index (χ0v) is 29.9. The highest BCUT2D eigenvalue weighted by Crippen LogP contribution is 2.29. The number of allylic oxidation sites excluding steroid dienone is 3. The van der Waals surface area contributed by atoms with Crippen molar-refractivity contribution in [2.45, 2.75) is 177 Å². The maximum absolute atomic E-state index is 12.2. The van der Waals surface area contributed by atoms with Crippen molar-refractivity contribution < 1.29 is 64.6 Å². The quantitative estimate of drug-likeness (QED) is 0.0476. The number of nitrogens with one attached hydrogen (secondary N) is 1. The van der Waals surface area contributed by atoms with Crippen molar-refractivity contribution in [3.63, 3.8) is 0 Å². The van der Waals surface area contributed by atoms with Crippen LogP contribution in [0.15, 0.2) is 24.3 Å². The third kappa shape index (κ3) is 15.2. The van der Waals surface area contributed by atoms with E-state index in [1.807, 2.05) is 6.08 Å². The number of carbonyl (C=O) groups excluding carboxylic acids is 1.